The zero-order valence-corrected chi connectivity index (χ0v) is 13.8. The summed E-state index contributed by atoms with van der Waals surface area (Å²) >= 11 is 0. The van der Waals surface area contributed by atoms with Gasteiger partial charge in [-0.05, 0) is 30.7 Å². The summed E-state index contributed by atoms with van der Waals surface area (Å²) < 4.78 is 11.3. The molecule has 0 spiro atoms. The van der Waals surface area contributed by atoms with Gasteiger partial charge in [0.05, 0.1) is 6.20 Å². The van der Waals surface area contributed by atoms with E-state index in [9.17, 15) is 0 Å². The van der Waals surface area contributed by atoms with Gasteiger partial charge in [0.15, 0.2) is 11.6 Å². The van der Waals surface area contributed by atoms with E-state index in [-0.39, 0.29) is 5.95 Å². The number of hydrogen-bond acceptors (Lipinski definition) is 6. The predicted molar refractivity (Wildman–Crippen MR) is 95.2 cm³/mol. The van der Waals surface area contributed by atoms with Gasteiger partial charge >= 0.3 is 0 Å². The van der Waals surface area contributed by atoms with E-state index in [1.54, 1.807) is 6.20 Å². The lowest BCUT2D eigenvalue weighted by Gasteiger charge is -2.12. The third kappa shape index (κ3) is 5.36. The molecule has 0 amide bonds. The summed E-state index contributed by atoms with van der Waals surface area (Å²) in [6, 6.07) is 7.33. The number of anilines is 2. The fourth-order valence-electron chi connectivity index (χ4n) is 1.96. The van der Waals surface area contributed by atoms with Gasteiger partial charge in [0, 0.05) is 12.1 Å². The maximum atomic E-state index is 5.69. The van der Waals surface area contributed by atoms with Crippen molar-refractivity contribution in [2.24, 2.45) is 0 Å². The maximum Gasteiger partial charge on any atom is 0.222 e. The Hall–Kier alpha value is -2.94. The van der Waals surface area contributed by atoms with Gasteiger partial charge in [-0.3, -0.25) is 0 Å². The molecule has 0 saturated heterocycles. The second-order valence-corrected chi connectivity index (χ2v) is 5.09. The van der Waals surface area contributed by atoms with Crippen molar-refractivity contribution in [1.82, 2.24) is 9.97 Å². The van der Waals surface area contributed by atoms with Crippen LogP contribution in [0.25, 0.3) is 0 Å². The number of aromatic nitrogens is 2. The molecule has 126 valence electrons. The minimum absolute atomic E-state index is 0.214. The van der Waals surface area contributed by atoms with Crippen LogP contribution in [0.3, 0.4) is 0 Å². The van der Waals surface area contributed by atoms with Crippen molar-refractivity contribution < 1.29 is 9.47 Å². The first kappa shape index (κ1) is 17.4. The molecule has 2 rings (SSSR count). The van der Waals surface area contributed by atoms with E-state index in [0.29, 0.717) is 24.8 Å². The van der Waals surface area contributed by atoms with Crippen LogP contribution in [0, 0.1) is 12.3 Å². The lowest BCUT2D eigenvalue weighted by atomic mass is 10.2. The molecule has 2 aromatic rings. The minimum atomic E-state index is 0.214. The number of terminal acetylenes is 1. The van der Waals surface area contributed by atoms with Gasteiger partial charge in [-0.15, -0.1) is 6.42 Å². The zero-order valence-electron chi connectivity index (χ0n) is 13.8. The molecule has 0 saturated carbocycles. The fraction of sp³-hybridized carbons (Fsp3) is 0.333. The van der Waals surface area contributed by atoms with E-state index >= 15 is 0 Å². The summed E-state index contributed by atoms with van der Waals surface area (Å²) in [6.07, 6.45) is 9.02. The highest BCUT2D eigenvalue weighted by Crippen LogP contribution is 2.21. The molecular weight excluding hydrogens is 304 g/mol. The molecule has 0 aliphatic carbocycles. The molecular formula is C18H22N4O2. The van der Waals surface area contributed by atoms with Crippen LogP contribution < -0.4 is 20.5 Å². The molecule has 1 aromatic carbocycles. The van der Waals surface area contributed by atoms with Crippen LogP contribution in [0.2, 0.25) is 0 Å². The first-order chi connectivity index (χ1) is 11.7. The van der Waals surface area contributed by atoms with Crippen molar-refractivity contribution in [2.45, 2.75) is 19.8 Å². The number of nitrogens with zero attached hydrogens (tertiary/aromatic N) is 2. The van der Waals surface area contributed by atoms with Crippen molar-refractivity contribution in [3.05, 3.63) is 36.0 Å². The second-order valence-electron chi connectivity index (χ2n) is 5.09. The molecule has 3 N–H and O–H groups in total. The average molecular weight is 326 g/mol. The van der Waals surface area contributed by atoms with Gasteiger partial charge in [0.25, 0.3) is 0 Å². The number of ether oxygens (including phenoxy) is 2. The number of nitrogen functional groups attached to an aromatic ring is 1. The van der Waals surface area contributed by atoms with Crippen molar-refractivity contribution in [1.29, 1.82) is 0 Å². The van der Waals surface area contributed by atoms with Crippen molar-refractivity contribution in [3.63, 3.8) is 0 Å². The summed E-state index contributed by atoms with van der Waals surface area (Å²) in [5.74, 6) is 4.69. The van der Waals surface area contributed by atoms with E-state index in [2.05, 4.69) is 28.1 Å². The van der Waals surface area contributed by atoms with Crippen molar-refractivity contribution in [2.75, 3.05) is 30.8 Å². The van der Waals surface area contributed by atoms with Gasteiger partial charge in [-0.25, -0.2) is 4.98 Å². The van der Waals surface area contributed by atoms with Gasteiger partial charge in [0.1, 0.15) is 19.0 Å². The van der Waals surface area contributed by atoms with Gasteiger partial charge in [-0.2, -0.15) is 4.98 Å². The highest BCUT2D eigenvalue weighted by molar-refractivity contribution is 5.51. The molecule has 1 aromatic heterocycles. The maximum absolute atomic E-state index is 5.69. The van der Waals surface area contributed by atoms with Crippen LogP contribution in [0.15, 0.2) is 30.5 Å². The van der Waals surface area contributed by atoms with Gasteiger partial charge in [0.2, 0.25) is 5.95 Å². The van der Waals surface area contributed by atoms with Crippen molar-refractivity contribution >= 4 is 11.8 Å². The number of nitrogens with two attached hydrogens (primary N) is 1. The fourth-order valence-corrected chi connectivity index (χ4v) is 1.96. The molecule has 0 unspecified atom stereocenters. The monoisotopic (exact) mass is 326 g/mol. The number of nitrogens with one attached hydrogen (secondary N) is 1. The van der Waals surface area contributed by atoms with Gasteiger partial charge in [-0.1, -0.05) is 19.3 Å². The summed E-state index contributed by atoms with van der Waals surface area (Å²) in [7, 11) is 0. The molecule has 0 fully saturated rings. The molecule has 0 atom stereocenters. The van der Waals surface area contributed by atoms with E-state index in [1.165, 1.54) is 0 Å². The van der Waals surface area contributed by atoms with E-state index in [1.807, 2.05) is 24.3 Å². The molecule has 6 heteroatoms. The van der Waals surface area contributed by atoms with Crippen LogP contribution in [-0.4, -0.2) is 29.7 Å². The van der Waals surface area contributed by atoms with E-state index in [0.717, 1.165) is 30.7 Å². The SMILES string of the molecule is C#Cc1ccc(OCCOc2cnc(N)nc2NCCCC)cc1. The molecule has 0 aliphatic rings. The quantitative estimate of drug-likeness (QED) is 0.544. The van der Waals surface area contributed by atoms with Crippen LogP contribution in [0.1, 0.15) is 25.3 Å². The Morgan fingerprint density at radius 3 is 2.67 bits per heavy atom. The first-order valence-electron chi connectivity index (χ1n) is 7.91. The largest absolute Gasteiger partial charge is 0.490 e. The summed E-state index contributed by atoms with van der Waals surface area (Å²) in [5.41, 5.74) is 6.45. The molecule has 0 bridgehead atoms. The second kappa shape index (κ2) is 9.26. The topological polar surface area (TPSA) is 82.3 Å². The first-order valence-corrected chi connectivity index (χ1v) is 7.91. The molecule has 1 heterocycles. The third-order valence-corrected chi connectivity index (χ3v) is 3.23. The van der Waals surface area contributed by atoms with Crippen LogP contribution >= 0.6 is 0 Å². The van der Waals surface area contributed by atoms with Crippen LogP contribution in [0.5, 0.6) is 11.5 Å². The summed E-state index contributed by atoms with van der Waals surface area (Å²) in [4.78, 5) is 8.14. The Kier molecular flexibility index (Phi) is 6.72. The molecule has 0 radical (unpaired) electrons. The Labute approximate surface area is 142 Å². The Morgan fingerprint density at radius 2 is 1.96 bits per heavy atom. The zero-order chi connectivity index (χ0) is 17.2. The number of unbranched alkanes of at least 4 members (excludes halogenated alkanes) is 1. The minimum Gasteiger partial charge on any atom is -0.490 e. The van der Waals surface area contributed by atoms with E-state index < -0.39 is 0 Å². The highest BCUT2D eigenvalue weighted by Gasteiger charge is 2.07. The lowest BCUT2D eigenvalue weighted by Crippen LogP contribution is -2.12. The standard InChI is InChI=1S/C18H22N4O2/c1-3-5-10-20-17-16(13-21-18(19)22-17)24-12-11-23-15-8-6-14(4-2)7-9-15/h2,6-9,13H,3,5,10-12H2,1H3,(H3,19,20,21,22). The number of hydrogen-bond donors (Lipinski definition) is 2. The summed E-state index contributed by atoms with van der Waals surface area (Å²) in [5, 5.41) is 3.21. The van der Waals surface area contributed by atoms with Crippen molar-refractivity contribution in [3.8, 4) is 23.8 Å². The Bertz CT molecular complexity index is 680. The van der Waals surface area contributed by atoms with Crippen LogP contribution in [0.4, 0.5) is 11.8 Å². The van der Waals surface area contributed by atoms with E-state index in [4.69, 9.17) is 21.6 Å². The molecule has 0 aliphatic heterocycles. The lowest BCUT2D eigenvalue weighted by molar-refractivity contribution is 0.217. The highest BCUT2D eigenvalue weighted by atomic mass is 16.5. The Morgan fingerprint density at radius 1 is 1.21 bits per heavy atom. The number of benzene rings is 1. The normalized spacial score (nSPS) is 10.0. The third-order valence-electron chi connectivity index (χ3n) is 3.23. The number of rotatable bonds is 9. The predicted octanol–water partition coefficient (Wildman–Crippen LogP) is 2.71. The Balaban J connectivity index is 1.83. The molecule has 6 nitrogen and oxygen atoms in total. The molecule has 24 heavy (non-hydrogen) atoms. The average Bonchev–Trinajstić information content (AvgIpc) is 2.61. The van der Waals surface area contributed by atoms with Crippen LogP contribution in [-0.2, 0) is 0 Å². The van der Waals surface area contributed by atoms with Gasteiger partial charge < -0.3 is 20.5 Å². The summed E-state index contributed by atoms with van der Waals surface area (Å²) in [6.45, 7) is 3.70. The smallest absolute Gasteiger partial charge is 0.222 e.